The van der Waals surface area contributed by atoms with Gasteiger partial charge in [-0.05, 0) is 42.7 Å². The number of hydrogen-bond donors (Lipinski definition) is 1. The van der Waals surface area contributed by atoms with Gasteiger partial charge in [-0.1, -0.05) is 43.9 Å². The molecule has 1 aromatic rings. The minimum atomic E-state index is 0.758. The first-order valence-corrected chi connectivity index (χ1v) is 7.76. The van der Waals surface area contributed by atoms with Crippen molar-refractivity contribution >= 4 is 11.8 Å². The Morgan fingerprint density at radius 2 is 1.88 bits per heavy atom. The Kier molecular flexibility index (Phi) is 5.40. The zero-order valence-electron chi connectivity index (χ0n) is 10.5. The quantitative estimate of drug-likeness (QED) is 0.773. The number of benzene rings is 1. The average molecular weight is 249 g/mol. The van der Waals surface area contributed by atoms with Crippen LogP contribution in [-0.2, 0) is 0 Å². The maximum Gasteiger partial charge on any atom is 0.00719 e. The van der Waals surface area contributed by atoms with Gasteiger partial charge in [0.05, 0.1) is 0 Å². The molecule has 2 heteroatoms. The highest BCUT2D eigenvalue weighted by Crippen LogP contribution is 2.33. The molecule has 2 N–H and O–H groups in total. The summed E-state index contributed by atoms with van der Waals surface area (Å²) in [5.74, 6) is 2.88. The lowest BCUT2D eigenvalue weighted by Gasteiger charge is -2.21. The number of rotatable bonds is 6. The lowest BCUT2D eigenvalue weighted by Crippen LogP contribution is -2.22. The number of thioether (sulfide) groups is 1. The molecule has 0 bridgehead atoms. The SMILES string of the molecule is NCC(CCSc1ccccc1)C1CCCC1. The summed E-state index contributed by atoms with van der Waals surface area (Å²) in [6, 6.07) is 10.7. The van der Waals surface area contributed by atoms with E-state index in [1.165, 1.54) is 42.8 Å². The van der Waals surface area contributed by atoms with E-state index < -0.39 is 0 Å². The van der Waals surface area contributed by atoms with Gasteiger partial charge in [-0.25, -0.2) is 0 Å². The highest BCUT2D eigenvalue weighted by molar-refractivity contribution is 7.99. The molecule has 0 saturated heterocycles. The summed E-state index contributed by atoms with van der Waals surface area (Å²) in [5, 5.41) is 0. The van der Waals surface area contributed by atoms with Crippen LogP contribution >= 0.6 is 11.8 Å². The molecule has 0 amide bonds. The van der Waals surface area contributed by atoms with Crippen molar-refractivity contribution in [1.82, 2.24) is 0 Å². The molecule has 1 nitrogen and oxygen atoms in total. The molecule has 1 unspecified atom stereocenters. The second-order valence-electron chi connectivity index (χ2n) is 4.99. The van der Waals surface area contributed by atoms with E-state index in [9.17, 15) is 0 Å². The van der Waals surface area contributed by atoms with Gasteiger partial charge in [0.25, 0.3) is 0 Å². The molecule has 1 atom stereocenters. The van der Waals surface area contributed by atoms with Crippen molar-refractivity contribution in [3.63, 3.8) is 0 Å². The highest BCUT2D eigenvalue weighted by Gasteiger charge is 2.23. The summed E-state index contributed by atoms with van der Waals surface area (Å²) in [6.07, 6.45) is 6.95. The zero-order valence-corrected chi connectivity index (χ0v) is 11.3. The lowest BCUT2D eigenvalue weighted by atomic mass is 9.89. The monoisotopic (exact) mass is 249 g/mol. The van der Waals surface area contributed by atoms with Crippen LogP contribution in [0.15, 0.2) is 35.2 Å². The number of hydrogen-bond acceptors (Lipinski definition) is 2. The molecule has 2 rings (SSSR count). The molecule has 1 fully saturated rings. The van der Waals surface area contributed by atoms with E-state index in [-0.39, 0.29) is 0 Å². The minimum absolute atomic E-state index is 0.758. The minimum Gasteiger partial charge on any atom is -0.330 e. The lowest BCUT2D eigenvalue weighted by molar-refractivity contribution is 0.339. The van der Waals surface area contributed by atoms with Gasteiger partial charge < -0.3 is 5.73 Å². The van der Waals surface area contributed by atoms with Crippen LogP contribution in [0.4, 0.5) is 0 Å². The summed E-state index contributed by atoms with van der Waals surface area (Å²) in [7, 11) is 0. The van der Waals surface area contributed by atoms with Crippen molar-refractivity contribution in [2.24, 2.45) is 17.6 Å². The van der Waals surface area contributed by atoms with Crippen molar-refractivity contribution in [1.29, 1.82) is 0 Å². The molecule has 17 heavy (non-hydrogen) atoms. The van der Waals surface area contributed by atoms with Gasteiger partial charge >= 0.3 is 0 Å². The van der Waals surface area contributed by atoms with Gasteiger partial charge in [-0.2, -0.15) is 0 Å². The molecule has 0 heterocycles. The van der Waals surface area contributed by atoms with Crippen LogP contribution in [0, 0.1) is 11.8 Å². The van der Waals surface area contributed by atoms with E-state index in [0.29, 0.717) is 0 Å². The van der Waals surface area contributed by atoms with Crippen molar-refractivity contribution in [3.05, 3.63) is 30.3 Å². The van der Waals surface area contributed by atoms with E-state index in [0.717, 1.165) is 18.4 Å². The van der Waals surface area contributed by atoms with Gasteiger partial charge in [-0.3, -0.25) is 0 Å². The van der Waals surface area contributed by atoms with Crippen LogP contribution in [0.2, 0.25) is 0 Å². The zero-order chi connectivity index (χ0) is 11.9. The standard InChI is InChI=1S/C15H23NS/c16-12-14(13-6-4-5-7-13)10-11-17-15-8-2-1-3-9-15/h1-3,8-9,13-14H,4-7,10-12,16H2. The highest BCUT2D eigenvalue weighted by atomic mass is 32.2. The van der Waals surface area contributed by atoms with Crippen LogP contribution < -0.4 is 5.73 Å². The van der Waals surface area contributed by atoms with Crippen LogP contribution in [0.1, 0.15) is 32.1 Å². The summed E-state index contributed by atoms with van der Waals surface area (Å²) < 4.78 is 0. The Balaban J connectivity index is 1.72. The van der Waals surface area contributed by atoms with Crippen molar-refractivity contribution in [3.8, 4) is 0 Å². The summed E-state index contributed by atoms with van der Waals surface area (Å²) in [5.41, 5.74) is 5.92. The molecular formula is C15H23NS. The fraction of sp³-hybridized carbons (Fsp3) is 0.600. The molecule has 0 aliphatic heterocycles. The first kappa shape index (κ1) is 13.0. The fourth-order valence-corrected chi connectivity index (χ4v) is 3.83. The molecule has 0 spiro atoms. The molecule has 0 radical (unpaired) electrons. The molecule has 1 saturated carbocycles. The van der Waals surface area contributed by atoms with Crippen molar-refractivity contribution < 1.29 is 0 Å². The topological polar surface area (TPSA) is 26.0 Å². The van der Waals surface area contributed by atoms with Gasteiger partial charge in [0.1, 0.15) is 0 Å². The van der Waals surface area contributed by atoms with E-state index in [1.807, 2.05) is 11.8 Å². The summed E-state index contributed by atoms with van der Waals surface area (Å²) >= 11 is 1.97. The van der Waals surface area contributed by atoms with Gasteiger partial charge in [0.15, 0.2) is 0 Å². The third kappa shape index (κ3) is 4.04. The molecule has 1 aliphatic rings. The predicted octanol–water partition coefficient (Wildman–Crippen LogP) is 3.93. The largest absolute Gasteiger partial charge is 0.330 e. The maximum atomic E-state index is 5.92. The van der Waals surface area contributed by atoms with Crippen molar-refractivity contribution in [2.45, 2.75) is 37.0 Å². The summed E-state index contributed by atoms with van der Waals surface area (Å²) in [6.45, 7) is 0.875. The van der Waals surface area contributed by atoms with Crippen LogP contribution in [-0.4, -0.2) is 12.3 Å². The fourth-order valence-electron chi connectivity index (χ4n) is 2.82. The normalized spacial score (nSPS) is 18.4. The second kappa shape index (κ2) is 7.07. The Bertz CT molecular complexity index is 306. The van der Waals surface area contributed by atoms with E-state index in [4.69, 9.17) is 5.73 Å². The first-order chi connectivity index (χ1) is 8.40. The third-order valence-electron chi connectivity index (χ3n) is 3.87. The van der Waals surface area contributed by atoms with Crippen LogP contribution in [0.3, 0.4) is 0 Å². The van der Waals surface area contributed by atoms with E-state index in [2.05, 4.69) is 30.3 Å². The number of nitrogens with two attached hydrogens (primary N) is 1. The molecule has 0 aromatic heterocycles. The van der Waals surface area contributed by atoms with Gasteiger partial charge in [0, 0.05) is 4.90 Å². The molecular weight excluding hydrogens is 226 g/mol. The predicted molar refractivity (Wildman–Crippen MR) is 76.3 cm³/mol. The van der Waals surface area contributed by atoms with Gasteiger partial charge in [0.2, 0.25) is 0 Å². The van der Waals surface area contributed by atoms with E-state index >= 15 is 0 Å². The van der Waals surface area contributed by atoms with E-state index in [1.54, 1.807) is 0 Å². The maximum absolute atomic E-state index is 5.92. The summed E-state index contributed by atoms with van der Waals surface area (Å²) in [4.78, 5) is 1.38. The Hall–Kier alpha value is -0.470. The molecule has 94 valence electrons. The second-order valence-corrected chi connectivity index (χ2v) is 6.16. The molecule has 1 aromatic carbocycles. The van der Waals surface area contributed by atoms with Gasteiger partial charge in [-0.15, -0.1) is 11.8 Å². The Morgan fingerprint density at radius 3 is 2.53 bits per heavy atom. The van der Waals surface area contributed by atoms with Crippen LogP contribution in [0.5, 0.6) is 0 Å². The Morgan fingerprint density at radius 1 is 1.18 bits per heavy atom. The molecule has 1 aliphatic carbocycles. The van der Waals surface area contributed by atoms with Crippen molar-refractivity contribution in [2.75, 3.05) is 12.3 Å². The Labute approximate surface area is 109 Å². The average Bonchev–Trinajstić information content (AvgIpc) is 2.90. The third-order valence-corrected chi connectivity index (χ3v) is 4.92. The first-order valence-electron chi connectivity index (χ1n) is 6.78. The smallest absolute Gasteiger partial charge is 0.00719 e. The van der Waals surface area contributed by atoms with Crippen LogP contribution in [0.25, 0.3) is 0 Å².